The lowest BCUT2D eigenvalue weighted by Gasteiger charge is -1.95. The Morgan fingerprint density at radius 3 is 1.86 bits per heavy atom. The molecule has 2 nitrogen and oxygen atoms in total. The zero-order valence-electron chi connectivity index (χ0n) is 3.51. The molecule has 0 radical (unpaired) electrons. The van der Waals surface area contributed by atoms with E-state index in [-0.39, 0.29) is 3.74 Å². The van der Waals surface area contributed by atoms with Crippen molar-refractivity contribution < 1.29 is 10.0 Å². The third-order valence-corrected chi connectivity index (χ3v) is 1.14. The van der Waals surface area contributed by atoms with Crippen LogP contribution in [0.15, 0.2) is 0 Å². The molecule has 0 rings (SSSR count). The van der Waals surface area contributed by atoms with E-state index < -0.39 is 7.12 Å². The summed E-state index contributed by atoms with van der Waals surface area (Å²) >= 11 is 6.14. The summed E-state index contributed by atoms with van der Waals surface area (Å²) < 4.78 is -0.000000000000000222. The van der Waals surface area contributed by atoms with Gasteiger partial charge in [-0.1, -0.05) is 31.9 Å². The highest BCUT2D eigenvalue weighted by Gasteiger charge is 2.10. The van der Waals surface area contributed by atoms with Crippen molar-refractivity contribution in [3.63, 3.8) is 0 Å². The van der Waals surface area contributed by atoms with Crippen LogP contribution in [-0.2, 0) is 0 Å². The maximum absolute atomic E-state index is 8.22. The third-order valence-electron chi connectivity index (χ3n) is 0.389. The summed E-state index contributed by atoms with van der Waals surface area (Å²) in [5.74, 6) is 0. The number of alkyl halides is 2. The summed E-state index contributed by atoms with van der Waals surface area (Å²) in [6, 6.07) is 0. The Morgan fingerprint density at radius 2 is 1.86 bits per heavy atom. The van der Waals surface area contributed by atoms with Crippen molar-refractivity contribution >= 4 is 39.0 Å². The van der Waals surface area contributed by atoms with E-state index in [1.54, 1.807) is 0 Å². The summed E-state index contributed by atoms with van der Waals surface area (Å²) in [5.41, 5.74) is 0. The third kappa shape index (κ3) is 6.94. The molecule has 0 atom stereocenters. The van der Waals surface area contributed by atoms with Gasteiger partial charge in [0.1, 0.15) is 0 Å². The molecule has 0 aromatic heterocycles. The molecule has 5 heteroatoms. The molecule has 0 aliphatic rings. The van der Waals surface area contributed by atoms with Crippen LogP contribution in [0.5, 0.6) is 0 Å². The van der Waals surface area contributed by atoms with Crippen LogP contribution in [0.1, 0.15) is 0 Å². The molecule has 0 bridgehead atoms. The van der Waals surface area contributed by atoms with Crippen LogP contribution < -0.4 is 0 Å². The highest BCUT2D eigenvalue weighted by Crippen LogP contribution is 2.13. The van der Waals surface area contributed by atoms with E-state index in [1.165, 1.54) is 0 Å². The second kappa shape index (κ2) is 3.89. The van der Waals surface area contributed by atoms with Crippen LogP contribution in [0.4, 0.5) is 0 Å². The highest BCUT2D eigenvalue weighted by atomic mass is 79.9. The predicted octanol–water partition coefficient (Wildman–Crippen LogP) is 0.575. The Kier molecular flexibility index (Phi) is 4.41. The van der Waals surface area contributed by atoms with E-state index in [0.717, 1.165) is 0 Å². The average molecular weight is 232 g/mol. The van der Waals surface area contributed by atoms with E-state index in [2.05, 4.69) is 31.9 Å². The lowest BCUT2D eigenvalue weighted by Crippen LogP contribution is -2.12. The first-order valence-corrected chi connectivity index (χ1v) is 3.60. The fourth-order valence-corrected chi connectivity index (χ4v) is 0.828. The quantitative estimate of drug-likeness (QED) is 0.539. The Morgan fingerprint density at radius 1 is 1.43 bits per heavy atom. The molecule has 0 aliphatic carbocycles. The molecule has 7 heavy (non-hydrogen) atoms. The molecule has 0 aromatic rings. The van der Waals surface area contributed by atoms with E-state index in [4.69, 9.17) is 10.0 Å². The van der Waals surface area contributed by atoms with Crippen LogP contribution in [0.25, 0.3) is 0 Å². The first kappa shape index (κ1) is 7.94. The second-order valence-electron chi connectivity index (χ2n) is 1.11. The number of halogens is 2. The topological polar surface area (TPSA) is 40.5 Å². The molecule has 0 aliphatic heterocycles. The Balaban J connectivity index is 2.95. The first-order chi connectivity index (χ1) is 3.13. The van der Waals surface area contributed by atoms with Gasteiger partial charge in [0.05, 0.1) is 3.74 Å². The maximum Gasteiger partial charge on any atom is 0.453 e. The Hall–Kier alpha value is 0.945. The van der Waals surface area contributed by atoms with Gasteiger partial charge in [0.15, 0.2) is 0 Å². The van der Waals surface area contributed by atoms with Crippen LogP contribution in [-0.4, -0.2) is 20.9 Å². The summed E-state index contributed by atoms with van der Waals surface area (Å²) in [6.45, 7) is 0. The minimum absolute atomic E-state index is 0.000000000000000222. The van der Waals surface area contributed by atoms with Crippen LogP contribution in [0.3, 0.4) is 0 Å². The lowest BCUT2D eigenvalue weighted by molar-refractivity contribution is 0.408. The Bertz CT molecular complexity index is 43.0. The van der Waals surface area contributed by atoms with Crippen LogP contribution in [0, 0.1) is 0 Å². The molecular formula is C2H5BBr2O2. The standard InChI is InChI=1S/C2H5BBr2O2/c4-2(5)1-3(6)7/h2,6-7H,1H2. The molecule has 0 amide bonds. The fraction of sp³-hybridized carbons (Fsp3) is 1.00. The molecule has 2 N–H and O–H groups in total. The van der Waals surface area contributed by atoms with Crippen LogP contribution >= 0.6 is 31.9 Å². The molecule has 0 saturated heterocycles. The van der Waals surface area contributed by atoms with E-state index in [9.17, 15) is 0 Å². The largest absolute Gasteiger partial charge is 0.453 e. The van der Waals surface area contributed by atoms with Gasteiger partial charge in [-0.25, -0.2) is 0 Å². The van der Waals surface area contributed by atoms with E-state index in [1.807, 2.05) is 0 Å². The van der Waals surface area contributed by atoms with Gasteiger partial charge in [0.25, 0.3) is 0 Å². The van der Waals surface area contributed by atoms with Crippen molar-refractivity contribution in [3.8, 4) is 0 Å². The summed E-state index contributed by atoms with van der Waals surface area (Å²) in [7, 11) is -1.22. The van der Waals surface area contributed by atoms with Gasteiger partial charge in [-0.3, -0.25) is 0 Å². The second-order valence-corrected chi connectivity index (χ2v) is 4.55. The highest BCUT2D eigenvalue weighted by molar-refractivity contribution is 9.24. The fourth-order valence-electron chi connectivity index (χ4n) is 0.159. The van der Waals surface area contributed by atoms with Crippen molar-refractivity contribution in [2.75, 3.05) is 0 Å². The predicted molar refractivity (Wildman–Crippen MR) is 36.6 cm³/mol. The number of hydrogen-bond acceptors (Lipinski definition) is 2. The van der Waals surface area contributed by atoms with Gasteiger partial charge in [0.2, 0.25) is 0 Å². The molecule has 0 unspecified atom stereocenters. The maximum atomic E-state index is 8.22. The molecule has 0 aromatic carbocycles. The van der Waals surface area contributed by atoms with Crippen molar-refractivity contribution in [2.24, 2.45) is 0 Å². The first-order valence-electron chi connectivity index (χ1n) is 1.77. The monoisotopic (exact) mass is 230 g/mol. The molecule has 42 valence electrons. The van der Waals surface area contributed by atoms with Crippen molar-refractivity contribution in [1.29, 1.82) is 0 Å². The van der Waals surface area contributed by atoms with Crippen molar-refractivity contribution in [3.05, 3.63) is 0 Å². The molecule has 0 fully saturated rings. The van der Waals surface area contributed by atoms with E-state index >= 15 is 0 Å². The van der Waals surface area contributed by atoms with Crippen molar-refractivity contribution in [2.45, 2.75) is 10.1 Å². The minimum Gasteiger partial charge on any atom is -0.427 e. The summed E-state index contributed by atoms with van der Waals surface area (Å²) in [4.78, 5) is 0. The smallest absolute Gasteiger partial charge is 0.427 e. The van der Waals surface area contributed by atoms with Gasteiger partial charge in [0, 0.05) is 6.32 Å². The zero-order valence-corrected chi connectivity index (χ0v) is 6.68. The SMILES string of the molecule is OB(O)CC(Br)Br. The number of hydrogen-bond donors (Lipinski definition) is 2. The van der Waals surface area contributed by atoms with Crippen molar-refractivity contribution in [1.82, 2.24) is 0 Å². The zero-order chi connectivity index (χ0) is 5.86. The average Bonchev–Trinajstić information content (AvgIpc) is 1.27. The lowest BCUT2D eigenvalue weighted by atomic mass is 9.88. The summed E-state index contributed by atoms with van der Waals surface area (Å²) in [6.07, 6.45) is 0.306. The van der Waals surface area contributed by atoms with Crippen LogP contribution in [0.2, 0.25) is 6.32 Å². The molecule has 0 saturated carbocycles. The van der Waals surface area contributed by atoms with Gasteiger partial charge in [-0.15, -0.1) is 0 Å². The molecule has 0 spiro atoms. The normalized spacial score (nSPS) is 9.86. The van der Waals surface area contributed by atoms with Gasteiger partial charge >= 0.3 is 7.12 Å². The summed E-state index contributed by atoms with van der Waals surface area (Å²) in [5, 5.41) is 16.4. The minimum atomic E-state index is -1.22. The molecular weight excluding hydrogens is 227 g/mol. The number of rotatable bonds is 2. The van der Waals surface area contributed by atoms with Gasteiger partial charge in [-0.05, 0) is 0 Å². The molecule has 0 heterocycles. The van der Waals surface area contributed by atoms with Gasteiger partial charge in [-0.2, -0.15) is 0 Å². The Labute approximate surface area is 59.3 Å². The van der Waals surface area contributed by atoms with E-state index in [0.29, 0.717) is 6.32 Å². The van der Waals surface area contributed by atoms with Gasteiger partial charge < -0.3 is 10.0 Å².